The normalized spacial score (nSPS) is 9.94. The minimum atomic E-state index is -0.440. The molecule has 0 radical (unpaired) electrons. The van der Waals surface area contributed by atoms with Crippen molar-refractivity contribution < 1.29 is 9.90 Å². The third-order valence-corrected chi connectivity index (χ3v) is 2.67. The lowest BCUT2D eigenvalue weighted by Gasteiger charge is -2.06. The lowest BCUT2D eigenvalue weighted by atomic mass is 10.2. The summed E-state index contributed by atoms with van der Waals surface area (Å²) in [5.41, 5.74) is 0.151. The Morgan fingerprint density at radius 1 is 1.35 bits per heavy atom. The van der Waals surface area contributed by atoms with Crippen molar-refractivity contribution in [1.29, 1.82) is 0 Å². The summed E-state index contributed by atoms with van der Waals surface area (Å²) in [5.74, 6) is -0.213. The first-order valence-corrected chi connectivity index (χ1v) is 5.52. The van der Waals surface area contributed by atoms with Crippen molar-refractivity contribution in [2.24, 2.45) is 0 Å². The first-order valence-electron chi connectivity index (χ1n) is 4.73. The molecule has 6 heteroatoms. The summed E-state index contributed by atoms with van der Waals surface area (Å²) in [6.07, 6.45) is 4.21. The molecule has 0 aliphatic carbocycles. The van der Waals surface area contributed by atoms with Gasteiger partial charge in [0.1, 0.15) is 11.6 Å². The number of aromatic hydroxyl groups is 1. The average molecular weight is 294 g/mol. The molecule has 0 spiro atoms. The van der Waals surface area contributed by atoms with Gasteiger partial charge in [-0.05, 0) is 34.1 Å². The maximum Gasteiger partial charge on any atom is 0.260 e. The zero-order valence-corrected chi connectivity index (χ0v) is 10.2. The molecule has 86 valence electrons. The molecule has 0 fully saturated rings. The molecule has 0 atom stereocenters. The predicted molar refractivity (Wildman–Crippen MR) is 65.8 cm³/mol. The first-order chi connectivity index (χ1) is 8.18. The van der Waals surface area contributed by atoms with Crippen LogP contribution in [0.4, 0.5) is 5.82 Å². The van der Waals surface area contributed by atoms with E-state index in [1.165, 1.54) is 18.5 Å². The van der Waals surface area contributed by atoms with E-state index >= 15 is 0 Å². The van der Waals surface area contributed by atoms with E-state index in [9.17, 15) is 9.90 Å². The Morgan fingerprint density at radius 3 is 2.88 bits per heavy atom. The van der Waals surface area contributed by atoms with E-state index in [-0.39, 0.29) is 11.3 Å². The van der Waals surface area contributed by atoms with Crippen LogP contribution in [0.5, 0.6) is 5.75 Å². The molecule has 5 nitrogen and oxygen atoms in total. The molecule has 2 rings (SSSR count). The fourth-order valence-corrected chi connectivity index (χ4v) is 1.58. The van der Waals surface area contributed by atoms with Gasteiger partial charge in [0, 0.05) is 12.4 Å². The fraction of sp³-hybridized carbons (Fsp3) is 0. The Balaban J connectivity index is 2.24. The predicted octanol–water partition coefficient (Wildman–Crippen LogP) is 2.20. The van der Waals surface area contributed by atoms with E-state index in [2.05, 4.69) is 31.2 Å². The minimum Gasteiger partial charge on any atom is -0.505 e. The van der Waals surface area contributed by atoms with Gasteiger partial charge >= 0.3 is 0 Å². The standard InChI is InChI=1S/C11H8BrN3O2/c12-8-2-1-4-14-10(8)15-11(17)7-3-5-13-6-9(7)16/h1-6,16H,(H,14,15,17). The van der Waals surface area contributed by atoms with Gasteiger partial charge in [-0.3, -0.25) is 9.78 Å². The van der Waals surface area contributed by atoms with Crippen LogP contribution in [0.1, 0.15) is 10.4 Å². The summed E-state index contributed by atoms with van der Waals surface area (Å²) >= 11 is 3.26. The molecule has 17 heavy (non-hydrogen) atoms. The fourth-order valence-electron chi connectivity index (χ4n) is 1.23. The Kier molecular flexibility index (Phi) is 3.34. The van der Waals surface area contributed by atoms with E-state index in [1.807, 2.05) is 0 Å². The van der Waals surface area contributed by atoms with E-state index in [1.54, 1.807) is 18.3 Å². The molecule has 2 aromatic rings. The molecule has 0 saturated heterocycles. The molecule has 2 heterocycles. The number of pyridine rings is 2. The summed E-state index contributed by atoms with van der Waals surface area (Å²) in [6, 6.07) is 4.93. The van der Waals surface area contributed by atoms with Crippen LogP contribution < -0.4 is 5.32 Å². The van der Waals surface area contributed by atoms with Gasteiger partial charge in [0.05, 0.1) is 16.2 Å². The van der Waals surface area contributed by atoms with Crippen molar-refractivity contribution in [2.45, 2.75) is 0 Å². The summed E-state index contributed by atoms with van der Waals surface area (Å²) in [4.78, 5) is 19.5. The largest absolute Gasteiger partial charge is 0.505 e. The van der Waals surface area contributed by atoms with Crippen LogP contribution >= 0.6 is 15.9 Å². The lowest BCUT2D eigenvalue weighted by molar-refractivity contribution is 0.102. The second-order valence-electron chi connectivity index (χ2n) is 3.18. The summed E-state index contributed by atoms with van der Waals surface area (Å²) < 4.78 is 0.668. The molecule has 1 amide bonds. The minimum absolute atomic E-state index is 0.151. The van der Waals surface area contributed by atoms with Crippen molar-refractivity contribution in [3.63, 3.8) is 0 Å². The third-order valence-electron chi connectivity index (χ3n) is 2.04. The SMILES string of the molecule is O=C(Nc1ncccc1Br)c1ccncc1O. The van der Waals surface area contributed by atoms with Crippen molar-refractivity contribution in [2.75, 3.05) is 5.32 Å². The van der Waals surface area contributed by atoms with Gasteiger partial charge in [-0.15, -0.1) is 0 Å². The van der Waals surface area contributed by atoms with E-state index in [4.69, 9.17) is 0 Å². The van der Waals surface area contributed by atoms with Gasteiger partial charge < -0.3 is 10.4 Å². The van der Waals surface area contributed by atoms with Crippen LogP contribution in [0.15, 0.2) is 41.3 Å². The zero-order chi connectivity index (χ0) is 12.3. The van der Waals surface area contributed by atoms with Gasteiger partial charge in [0.2, 0.25) is 0 Å². The highest BCUT2D eigenvalue weighted by Gasteiger charge is 2.12. The van der Waals surface area contributed by atoms with Crippen LogP contribution in [0, 0.1) is 0 Å². The van der Waals surface area contributed by atoms with Crippen molar-refractivity contribution >= 4 is 27.7 Å². The maximum absolute atomic E-state index is 11.8. The van der Waals surface area contributed by atoms with Gasteiger partial charge in [-0.25, -0.2) is 4.98 Å². The van der Waals surface area contributed by atoms with E-state index in [0.29, 0.717) is 10.3 Å². The molecular formula is C11H8BrN3O2. The number of carbonyl (C=O) groups excluding carboxylic acids is 1. The van der Waals surface area contributed by atoms with Crippen LogP contribution in [0.2, 0.25) is 0 Å². The lowest BCUT2D eigenvalue weighted by Crippen LogP contribution is -2.13. The number of aromatic nitrogens is 2. The van der Waals surface area contributed by atoms with Gasteiger partial charge in [0.15, 0.2) is 0 Å². The summed E-state index contributed by atoms with van der Waals surface area (Å²) in [5, 5.41) is 12.1. The van der Waals surface area contributed by atoms with Gasteiger partial charge in [0.25, 0.3) is 5.91 Å². The van der Waals surface area contributed by atoms with Crippen molar-refractivity contribution in [3.05, 3.63) is 46.8 Å². The van der Waals surface area contributed by atoms with E-state index in [0.717, 1.165) is 0 Å². The Hall–Kier alpha value is -1.95. The molecule has 0 aromatic carbocycles. The number of hydrogen-bond donors (Lipinski definition) is 2. The second-order valence-corrected chi connectivity index (χ2v) is 4.04. The average Bonchev–Trinajstić information content (AvgIpc) is 2.32. The van der Waals surface area contributed by atoms with Crippen molar-refractivity contribution in [1.82, 2.24) is 9.97 Å². The number of rotatable bonds is 2. The number of nitrogens with one attached hydrogen (secondary N) is 1. The maximum atomic E-state index is 11.8. The molecule has 2 aromatic heterocycles. The zero-order valence-electron chi connectivity index (χ0n) is 8.59. The summed E-state index contributed by atoms with van der Waals surface area (Å²) in [6.45, 7) is 0. The molecule has 0 aliphatic heterocycles. The smallest absolute Gasteiger partial charge is 0.260 e. The number of carbonyl (C=O) groups is 1. The van der Waals surface area contributed by atoms with Crippen LogP contribution in [0.3, 0.4) is 0 Å². The van der Waals surface area contributed by atoms with Crippen LogP contribution in [-0.4, -0.2) is 21.0 Å². The highest BCUT2D eigenvalue weighted by atomic mass is 79.9. The van der Waals surface area contributed by atoms with Crippen LogP contribution in [0.25, 0.3) is 0 Å². The summed E-state index contributed by atoms with van der Waals surface area (Å²) in [7, 11) is 0. The first kappa shape index (κ1) is 11.5. The molecule has 0 unspecified atom stereocenters. The number of nitrogens with zero attached hydrogens (tertiary/aromatic N) is 2. The highest BCUT2D eigenvalue weighted by molar-refractivity contribution is 9.10. The molecule has 0 aliphatic rings. The second kappa shape index (κ2) is 4.92. The molecule has 0 saturated carbocycles. The highest BCUT2D eigenvalue weighted by Crippen LogP contribution is 2.21. The number of hydrogen-bond acceptors (Lipinski definition) is 4. The molecule has 2 N–H and O–H groups in total. The Morgan fingerprint density at radius 2 is 2.18 bits per heavy atom. The molecule has 0 bridgehead atoms. The quantitative estimate of drug-likeness (QED) is 0.890. The topological polar surface area (TPSA) is 75.1 Å². The van der Waals surface area contributed by atoms with E-state index < -0.39 is 5.91 Å². The number of anilines is 1. The van der Waals surface area contributed by atoms with Gasteiger partial charge in [-0.1, -0.05) is 0 Å². The van der Waals surface area contributed by atoms with Gasteiger partial charge in [-0.2, -0.15) is 0 Å². The number of halogens is 1. The number of amides is 1. The molecular weight excluding hydrogens is 286 g/mol. The van der Waals surface area contributed by atoms with Crippen molar-refractivity contribution in [3.8, 4) is 5.75 Å². The van der Waals surface area contributed by atoms with Crippen LogP contribution in [-0.2, 0) is 0 Å². The Labute approximate surface area is 106 Å². The third kappa shape index (κ3) is 2.59. The monoisotopic (exact) mass is 293 g/mol. The Bertz CT molecular complexity index is 560.